The first-order valence-electron chi connectivity index (χ1n) is 4.90. The van der Waals surface area contributed by atoms with Crippen LogP contribution >= 0.6 is 11.6 Å². The highest BCUT2D eigenvalue weighted by molar-refractivity contribution is 7.94. The van der Waals surface area contributed by atoms with Crippen LogP contribution in [0.5, 0.6) is 0 Å². The van der Waals surface area contributed by atoms with Gasteiger partial charge >= 0.3 is 31.1 Å². The van der Waals surface area contributed by atoms with Crippen LogP contribution in [-0.4, -0.2) is 32.8 Å². The lowest BCUT2D eigenvalue weighted by atomic mass is 10.4. The van der Waals surface area contributed by atoms with E-state index < -0.39 is 47.6 Å². The topological polar surface area (TPSA) is 105 Å². The molecule has 0 aliphatic rings. The largest absolute Gasteiger partial charge is 0.516 e. The Hall–Kier alpha value is -1.48. The molecule has 0 radical (unpaired) electrons. The Morgan fingerprint density at radius 2 is 1.35 bits per heavy atom. The van der Waals surface area contributed by atoms with Crippen LogP contribution in [-0.2, 0) is 20.0 Å². The molecule has 0 aromatic carbocycles. The Labute approximate surface area is 129 Å². The highest BCUT2D eigenvalue weighted by Crippen LogP contribution is 2.32. The van der Waals surface area contributed by atoms with E-state index in [1.54, 1.807) is 0 Å². The molecule has 0 saturated heterocycles. The third-order valence-electron chi connectivity index (χ3n) is 1.94. The van der Waals surface area contributed by atoms with Crippen LogP contribution in [0.1, 0.15) is 0 Å². The highest BCUT2D eigenvalue weighted by Gasteiger charge is 2.48. The summed E-state index contributed by atoms with van der Waals surface area (Å²) in [4.78, 5) is 3.03. The number of aromatic nitrogens is 1. The number of hydrogen-bond donors (Lipinski definition) is 2. The zero-order valence-electron chi connectivity index (χ0n) is 10.2. The van der Waals surface area contributed by atoms with Crippen LogP contribution in [0.4, 0.5) is 37.8 Å². The average Bonchev–Trinajstić information content (AvgIpc) is 2.29. The lowest BCUT2D eigenvalue weighted by molar-refractivity contribution is -0.0436. The van der Waals surface area contributed by atoms with Gasteiger partial charge in [0.05, 0.1) is 10.7 Å². The second-order valence-electron chi connectivity index (χ2n) is 3.65. The maximum Gasteiger partial charge on any atom is 0.516 e. The minimum atomic E-state index is -6.05. The van der Waals surface area contributed by atoms with Gasteiger partial charge in [-0.3, -0.25) is 9.44 Å². The number of halogens is 7. The molecule has 0 amide bonds. The summed E-state index contributed by atoms with van der Waals surface area (Å²) in [6.45, 7) is 0. The molecule has 0 aliphatic carbocycles. The van der Waals surface area contributed by atoms with Crippen LogP contribution in [0.15, 0.2) is 12.3 Å². The van der Waals surface area contributed by atoms with Crippen LogP contribution < -0.4 is 9.44 Å². The number of sulfonamides is 2. The van der Waals surface area contributed by atoms with Gasteiger partial charge in [-0.05, 0) is 6.07 Å². The van der Waals surface area contributed by atoms with Gasteiger partial charge in [-0.25, -0.2) is 4.98 Å². The molecule has 132 valence electrons. The smallest absolute Gasteiger partial charge is 0.272 e. The summed E-state index contributed by atoms with van der Waals surface area (Å²) in [6.07, 6.45) is 0.584. The van der Waals surface area contributed by atoms with Crippen molar-refractivity contribution >= 4 is 43.2 Å². The van der Waals surface area contributed by atoms with E-state index in [1.807, 2.05) is 0 Å². The van der Waals surface area contributed by atoms with Crippen LogP contribution in [0.3, 0.4) is 0 Å². The molecule has 0 atom stereocenters. The van der Waals surface area contributed by atoms with Crippen LogP contribution in [0, 0.1) is 0 Å². The number of nitrogens with zero attached hydrogens (tertiary/aromatic N) is 1. The summed E-state index contributed by atoms with van der Waals surface area (Å²) >= 11 is 5.34. The van der Waals surface area contributed by atoms with E-state index in [-0.39, 0.29) is 0 Å². The zero-order valence-corrected chi connectivity index (χ0v) is 12.6. The van der Waals surface area contributed by atoms with E-state index in [0.29, 0.717) is 12.3 Å². The van der Waals surface area contributed by atoms with E-state index in [1.165, 1.54) is 0 Å². The predicted octanol–water partition coefficient (Wildman–Crippen LogP) is 2.26. The fourth-order valence-corrected chi connectivity index (χ4v) is 2.24. The standard InChI is InChI=1S/C7H4ClF6N3O4S2/c8-3-1-4(16-22(18,19)6(9,10)11)5(15-2-3)17-23(20,21)7(12,13)14/h1-2,16H,(H,15,17). The fraction of sp³-hybridized carbons (Fsp3) is 0.286. The van der Waals surface area contributed by atoms with Gasteiger partial charge in [0.1, 0.15) is 0 Å². The lowest BCUT2D eigenvalue weighted by Crippen LogP contribution is -2.32. The summed E-state index contributed by atoms with van der Waals surface area (Å²) < 4.78 is 119. The quantitative estimate of drug-likeness (QED) is 0.745. The third-order valence-corrected chi connectivity index (χ3v) is 4.32. The molecular formula is C7H4ClF6N3O4S2. The number of hydrogen-bond acceptors (Lipinski definition) is 5. The number of rotatable bonds is 4. The maximum atomic E-state index is 12.3. The number of anilines is 2. The molecule has 0 fully saturated rings. The van der Waals surface area contributed by atoms with Gasteiger partial charge in [0.15, 0.2) is 5.82 Å². The fourth-order valence-electron chi connectivity index (χ4n) is 0.986. The van der Waals surface area contributed by atoms with Gasteiger partial charge in [0.25, 0.3) is 0 Å². The Morgan fingerprint density at radius 1 is 0.913 bits per heavy atom. The van der Waals surface area contributed by atoms with Gasteiger partial charge in [0.2, 0.25) is 0 Å². The van der Waals surface area contributed by atoms with Gasteiger partial charge in [0, 0.05) is 6.20 Å². The second-order valence-corrected chi connectivity index (χ2v) is 7.44. The Kier molecular flexibility index (Phi) is 4.99. The normalized spacial score (nSPS) is 13.7. The first kappa shape index (κ1) is 19.6. The summed E-state index contributed by atoms with van der Waals surface area (Å²) in [5.74, 6) is -1.35. The first-order valence-corrected chi connectivity index (χ1v) is 8.25. The van der Waals surface area contributed by atoms with E-state index in [4.69, 9.17) is 11.6 Å². The summed E-state index contributed by atoms with van der Waals surface area (Å²) in [6, 6.07) is 0.437. The van der Waals surface area contributed by atoms with E-state index >= 15 is 0 Å². The molecule has 7 nitrogen and oxygen atoms in total. The zero-order chi connectivity index (χ0) is 18.3. The second kappa shape index (κ2) is 5.86. The van der Waals surface area contributed by atoms with Crippen molar-refractivity contribution in [3.8, 4) is 0 Å². The van der Waals surface area contributed by atoms with Crippen molar-refractivity contribution < 1.29 is 43.2 Å². The molecule has 1 rings (SSSR count). The minimum Gasteiger partial charge on any atom is -0.272 e. The Balaban J connectivity index is 3.34. The van der Waals surface area contributed by atoms with E-state index in [0.717, 1.165) is 9.44 Å². The lowest BCUT2D eigenvalue weighted by Gasteiger charge is -2.15. The molecule has 23 heavy (non-hydrogen) atoms. The SMILES string of the molecule is O=S(=O)(Nc1cc(Cl)cnc1NS(=O)(=O)C(F)(F)F)C(F)(F)F. The molecule has 0 saturated carbocycles. The van der Waals surface area contributed by atoms with Crippen LogP contribution in [0.25, 0.3) is 0 Å². The monoisotopic (exact) mass is 407 g/mol. The molecular weight excluding hydrogens is 404 g/mol. The Morgan fingerprint density at radius 3 is 1.78 bits per heavy atom. The molecule has 1 aromatic heterocycles. The molecule has 0 spiro atoms. The molecule has 2 N–H and O–H groups in total. The highest BCUT2D eigenvalue weighted by atomic mass is 35.5. The number of alkyl halides is 6. The van der Waals surface area contributed by atoms with Crippen molar-refractivity contribution in [3.05, 3.63) is 17.3 Å². The first-order chi connectivity index (χ1) is 10.1. The van der Waals surface area contributed by atoms with E-state index in [2.05, 4.69) is 4.98 Å². The molecule has 0 aliphatic heterocycles. The van der Waals surface area contributed by atoms with Gasteiger partial charge in [-0.15, -0.1) is 0 Å². The molecule has 1 aromatic rings. The molecule has 16 heteroatoms. The Bertz CT molecular complexity index is 804. The van der Waals surface area contributed by atoms with Crippen LogP contribution in [0.2, 0.25) is 5.02 Å². The maximum absolute atomic E-state index is 12.3. The third kappa shape index (κ3) is 4.51. The molecule has 0 unspecified atom stereocenters. The van der Waals surface area contributed by atoms with Crippen molar-refractivity contribution in [1.29, 1.82) is 0 Å². The van der Waals surface area contributed by atoms with E-state index in [9.17, 15) is 43.2 Å². The summed E-state index contributed by atoms with van der Waals surface area (Å²) in [5, 5.41) is -0.472. The van der Waals surface area contributed by atoms with Gasteiger partial charge in [-0.1, -0.05) is 11.6 Å². The van der Waals surface area contributed by atoms with Crippen molar-refractivity contribution in [2.24, 2.45) is 0 Å². The van der Waals surface area contributed by atoms with Crippen molar-refractivity contribution in [2.75, 3.05) is 9.44 Å². The summed E-state index contributed by atoms with van der Waals surface area (Å²) in [5.41, 5.74) is -12.9. The van der Waals surface area contributed by atoms with Crippen molar-refractivity contribution in [3.63, 3.8) is 0 Å². The average molecular weight is 408 g/mol. The van der Waals surface area contributed by atoms with Gasteiger partial charge < -0.3 is 0 Å². The van der Waals surface area contributed by atoms with Crippen molar-refractivity contribution in [1.82, 2.24) is 4.98 Å². The van der Waals surface area contributed by atoms with Crippen molar-refractivity contribution in [2.45, 2.75) is 11.0 Å². The number of nitrogens with one attached hydrogen (secondary N) is 2. The summed E-state index contributed by atoms with van der Waals surface area (Å²) in [7, 11) is -12.1. The minimum absolute atomic E-state index is 0.437. The molecule has 0 bridgehead atoms. The number of pyridine rings is 1. The molecule has 1 heterocycles. The van der Waals surface area contributed by atoms with Gasteiger partial charge in [-0.2, -0.15) is 43.2 Å². The predicted molar refractivity (Wildman–Crippen MR) is 66.4 cm³/mol.